The Morgan fingerprint density at radius 3 is 2.30 bits per heavy atom. The second kappa shape index (κ2) is 6.06. The van der Waals surface area contributed by atoms with E-state index >= 15 is 0 Å². The Morgan fingerprint density at radius 1 is 1.10 bits per heavy atom. The fourth-order valence-corrected chi connectivity index (χ4v) is 2.96. The van der Waals surface area contributed by atoms with E-state index in [1.165, 1.54) is 25.0 Å². The molecule has 20 heavy (non-hydrogen) atoms. The van der Waals surface area contributed by atoms with Crippen molar-refractivity contribution in [1.82, 2.24) is 0 Å². The number of nitrogens with one attached hydrogen (secondary N) is 1. The molecule has 1 fully saturated rings. The molecular formula is C16H22F3N. The van der Waals surface area contributed by atoms with E-state index in [0.29, 0.717) is 12.0 Å². The Morgan fingerprint density at radius 2 is 1.75 bits per heavy atom. The van der Waals surface area contributed by atoms with E-state index in [1.807, 2.05) is 0 Å². The summed E-state index contributed by atoms with van der Waals surface area (Å²) in [5, 5.41) is 3.38. The lowest BCUT2D eigenvalue weighted by Crippen LogP contribution is -2.29. The average Bonchev–Trinajstić information content (AvgIpc) is 2.38. The molecule has 2 unspecified atom stereocenters. The van der Waals surface area contributed by atoms with Crippen LogP contribution in [0.2, 0.25) is 0 Å². The molecule has 1 N–H and O–H groups in total. The Hall–Kier alpha value is -1.19. The predicted octanol–water partition coefficient (Wildman–Crippen LogP) is 5.33. The fraction of sp³-hybridized carbons (Fsp3) is 0.625. The number of halogens is 3. The molecule has 1 aromatic rings. The van der Waals surface area contributed by atoms with Crippen molar-refractivity contribution in [3.05, 3.63) is 29.8 Å². The number of rotatable bonds is 3. The molecule has 1 aliphatic rings. The van der Waals surface area contributed by atoms with Gasteiger partial charge in [0.1, 0.15) is 0 Å². The summed E-state index contributed by atoms with van der Waals surface area (Å²) in [5.41, 5.74) is 0.194. The summed E-state index contributed by atoms with van der Waals surface area (Å²) in [4.78, 5) is 0. The monoisotopic (exact) mass is 285 g/mol. The molecule has 0 bridgehead atoms. The molecule has 0 amide bonds. The summed E-state index contributed by atoms with van der Waals surface area (Å²) in [6.45, 7) is 4.48. The average molecular weight is 285 g/mol. The summed E-state index contributed by atoms with van der Waals surface area (Å²) < 4.78 is 37.5. The van der Waals surface area contributed by atoms with Gasteiger partial charge in [0.05, 0.1) is 5.56 Å². The minimum absolute atomic E-state index is 0.382. The molecule has 0 aliphatic heterocycles. The topological polar surface area (TPSA) is 12.0 Å². The zero-order valence-electron chi connectivity index (χ0n) is 12.0. The lowest BCUT2D eigenvalue weighted by Gasteiger charge is -2.32. The van der Waals surface area contributed by atoms with Crippen LogP contribution in [0, 0.1) is 11.8 Å². The van der Waals surface area contributed by atoms with Gasteiger partial charge in [0.2, 0.25) is 0 Å². The van der Waals surface area contributed by atoms with Crippen molar-refractivity contribution in [3.8, 4) is 0 Å². The van der Waals surface area contributed by atoms with Crippen LogP contribution in [-0.2, 0) is 6.18 Å². The molecule has 1 nitrogen and oxygen atoms in total. The first-order chi connectivity index (χ1) is 9.36. The van der Waals surface area contributed by atoms with E-state index in [9.17, 15) is 13.2 Å². The molecule has 0 radical (unpaired) electrons. The van der Waals surface area contributed by atoms with Gasteiger partial charge < -0.3 is 5.32 Å². The Bertz CT molecular complexity index is 422. The van der Waals surface area contributed by atoms with Gasteiger partial charge in [-0.05, 0) is 48.9 Å². The van der Waals surface area contributed by atoms with Crippen LogP contribution >= 0.6 is 0 Å². The van der Waals surface area contributed by atoms with Crippen LogP contribution < -0.4 is 5.32 Å². The molecule has 0 saturated heterocycles. The zero-order chi connectivity index (χ0) is 14.8. The van der Waals surface area contributed by atoms with Crippen LogP contribution in [0.5, 0.6) is 0 Å². The molecule has 1 saturated carbocycles. The highest BCUT2D eigenvalue weighted by atomic mass is 19.4. The van der Waals surface area contributed by atoms with Crippen LogP contribution in [0.4, 0.5) is 18.9 Å². The van der Waals surface area contributed by atoms with Crippen molar-refractivity contribution < 1.29 is 13.2 Å². The minimum Gasteiger partial charge on any atom is -0.382 e. The first-order valence-corrected chi connectivity index (χ1v) is 7.30. The van der Waals surface area contributed by atoms with Gasteiger partial charge in [-0.1, -0.05) is 26.7 Å². The number of hydrogen-bond acceptors (Lipinski definition) is 1. The number of alkyl halides is 3. The number of anilines is 1. The van der Waals surface area contributed by atoms with E-state index in [-0.39, 0.29) is 0 Å². The molecule has 112 valence electrons. The van der Waals surface area contributed by atoms with Crippen LogP contribution in [-0.4, -0.2) is 6.04 Å². The second-order valence-electron chi connectivity index (χ2n) is 6.09. The van der Waals surface area contributed by atoms with Crippen molar-refractivity contribution in [3.63, 3.8) is 0 Å². The number of benzene rings is 1. The van der Waals surface area contributed by atoms with E-state index in [2.05, 4.69) is 19.2 Å². The van der Waals surface area contributed by atoms with Gasteiger partial charge in [-0.15, -0.1) is 0 Å². The van der Waals surface area contributed by atoms with E-state index in [1.54, 1.807) is 0 Å². The van der Waals surface area contributed by atoms with Gasteiger partial charge in [-0.3, -0.25) is 0 Å². The molecule has 2 atom stereocenters. The molecule has 0 heterocycles. The van der Waals surface area contributed by atoms with Gasteiger partial charge >= 0.3 is 6.18 Å². The molecule has 4 heteroatoms. The third-order valence-electron chi connectivity index (χ3n) is 4.24. The van der Waals surface area contributed by atoms with Crippen LogP contribution in [0.15, 0.2) is 24.3 Å². The first kappa shape index (κ1) is 15.2. The van der Waals surface area contributed by atoms with Gasteiger partial charge in [0, 0.05) is 11.7 Å². The van der Waals surface area contributed by atoms with Crippen LogP contribution in [0.1, 0.15) is 45.1 Å². The quantitative estimate of drug-likeness (QED) is 0.791. The highest BCUT2D eigenvalue weighted by molar-refractivity contribution is 5.46. The maximum atomic E-state index is 12.5. The summed E-state index contributed by atoms with van der Waals surface area (Å²) in [7, 11) is 0. The maximum absolute atomic E-state index is 12.5. The Kier molecular flexibility index (Phi) is 4.61. The Balaban J connectivity index is 1.96. The van der Waals surface area contributed by atoms with Crippen molar-refractivity contribution in [2.45, 2.75) is 51.7 Å². The summed E-state index contributed by atoms with van der Waals surface area (Å²) in [6, 6.07) is 5.73. The smallest absolute Gasteiger partial charge is 0.382 e. The lowest BCUT2D eigenvalue weighted by molar-refractivity contribution is -0.137. The largest absolute Gasteiger partial charge is 0.416 e. The van der Waals surface area contributed by atoms with Crippen LogP contribution in [0.3, 0.4) is 0 Å². The van der Waals surface area contributed by atoms with Gasteiger partial charge in [-0.25, -0.2) is 0 Å². The van der Waals surface area contributed by atoms with E-state index < -0.39 is 11.7 Å². The van der Waals surface area contributed by atoms with E-state index in [0.717, 1.165) is 36.6 Å². The van der Waals surface area contributed by atoms with Crippen molar-refractivity contribution in [1.29, 1.82) is 0 Å². The summed E-state index contributed by atoms with van der Waals surface area (Å²) >= 11 is 0. The second-order valence-corrected chi connectivity index (χ2v) is 6.09. The highest BCUT2D eigenvalue weighted by Crippen LogP contribution is 2.33. The minimum atomic E-state index is -4.26. The normalized spacial score (nSPS) is 23.9. The molecular weight excluding hydrogens is 263 g/mol. The third kappa shape index (κ3) is 3.90. The van der Waals surface area contributed by atoms with Crippen molar-refractivity contribution >= 4 is 5.69 Å². The first-order valence-electron chi connectivity index (χ1n) is 7.30. The van der Waals surface area contributed by atoms with Gasteiger partial charge in [0.15, 0.2) is 0 Å². The standard InChI is InChI=1S/C16H22F3N/c1-11(2)12-4-3-5-15(10-12)20-14-8-6-13(7-9-14)16(17,18)19/h6-9,11-12,15,20H,3-5,10H2,1-2H3. The van der Waals surface area contributed by atoms with Gasteiger partial charge in [-0.2, -0.15) is 13.2 Å². The molecule has 0 spiro atoms. The fourth-order valence-electron chi connectivity index (χ4n) is 2.96. The van der Waals surface area contributed by atoms with Crippen molar-refractivity contribution in [2.75, 3.05) is 5.32 Å². The van der Waals surface area contributed by atoms with Crippen molar-refractivity contribution in [2.24, 2.45) is 11.8 Å². The SMILES string of the molecule is CC(C)C1CCCC(Nc2ccc(C(F)(F)F)cc2)C1. The van der Waals surface area contributed by atoms with Gasteiger partial charge in [0.25, 0.3) is 0 Å². The zero-order valence-corrected chi connectivity index (χ0v) is 12.0. The predicted molar refractivity (Wildman–Crippen MR) is 75.7 cm³/mol. The van der Waals surface area contributed by atoms with Crippen LogP contribution in [0.25, 0.3) is 0 Å². The lowest BCUT2D eigenvalue weighted by atomic mass is 9.79. The summed E-state index contributed by atoms with van der Waals surface area (Å²) in [6.07, 6.45) is 0.416. The number of hydrogen-bond donors (Lipinski definition) is 1. The Labute approximate surface area is 118 Å². The third-order valence-corrected chi connectivity index (χ3v) is 4.24. The molecule has 1 aliphatic carbocycles. The summed E-state index contributed by atoms with van der Waals surface area (Å²) in [5.74, 6) is 1.39. The molecule has 1 aromatic carbocycles. The van der Waals surface area contributed by atoms with E-state index in [4.69, 9.17) is 0 Å². The maximum Gasteiger partial charge on any atom is 0.416 e. The molecule has 0 aromatic heterocycles. The molecule has 2 rings (SSSR count). The highest BCUT2D eigenvalue weighted by Gasteiger charge is 2.30.